The van der Waals surface area contributed by atoms with Crippen LogP contribution in [0.2, 0.25) is 0 Å². The maximum Gasteiger partial charge on any atom is 0.185 e. The second-order valence-electron chi connectivity index (χ2n) is 2.92. The van der Waals surface area contributed by atoms with Crippen molar-refractivity contribution in [2.45, 2.75) is 6.54 Å². The summed E-state index contributed by atoms with van der Waals surface area (Å²) >= 11 is 0. The van der Waals surface area contributed by atoms with E-state index in [9.17, 15) is 9.18 Å². The maximum atomic E-state index is 12.2. The van der Waals surface area contributed by atoms with Crippen LogP contribution in [0.5, 0.6) is 0 Å². The molecule has 0 saturated heterocycles. The predicted octanol–water partition coefficient (Wildman–Crippen LogP) is 1.42. The van der Waals surface area contributed by atoms with Gasteiger partial charge in [-0.2, -0.15) is 0 Å². The van der Waals surface area contributed by atoms with Crippen LogP contribution >= 0.6 is 12.4 Å². The lowest BCUT2D eigenvalue weighted by atomic mass is 10.3. The van der Waals surface area contributed by atoms with Gasteiger partial charge in [-0.25, -0.2) is 9.37 Å². The van der Waals surface area contributed by atoms with Crippen molar-refractivity contribution in [2.24, 2.45) is 0 Å². The molecular weight excluding hydrogens is 235 g/mol. The van der Waals surface area contributed by atoms with Crippen LogP contribution in [0.3, 0.4) is 0 Å². The van der Waals surface area contributed by atoms with E-state index < -0.39 is 6.67 Å². The molecule has 2 aromatic rings. The lowest BCUT2D eigenvalue weighted by molar-refractivity contribution is 0.111. The molecule has 0 aliphatic heterocycles. The molecule has 6 heteroatoms. The number of aryl methyl sites for hydroxylation is 1. The van der Waals surface area contributed by atoms with Gasteiger partial charge in [-0.05, 0) is 12.1 Å². The van der Waals surface area contributed by atoms with E-state index in [2.05, 4.69) is 4.98 Å². The van der Waals surface area contributed by atoms with E-state index in [1.54, 1.807) is 10.6 Å². The Balaban J connectivity index is 0.00000112. The fourth-order valence-electron chi connectivity index (χ4n) is 1.50. The number of carbonyl (C=O) groups excluding carboxylic acids is 1. The molecular formula is C10H12ClFN2O2. The minimum atomic E-state index is -0.499. The van der Waals surface area contributed by atoms with Crippen molar-refractivity contribution in [3.8, 4) is 0 Å². The Morgan fingerprint density at radius 3 is 2.69 bits per heavy atom. The standard InChI is InChI=1S/C10H9FN2O.ClH.H2O/c11-5-6-13-9-4-2-1-3-8(9)12-10(13)7-14;;/h1-4,7H,5-6H2;1H;1H2. The largest absolute Gasteiger partial charge is 0.412 e. The number of imidazole rings is 1. The summed E-state index contributed by atoms with van der Waals surface area (Å²) in [4.78, 5) is 14.7. The minimum absolute atomic E-state index is 0. The van der Waals surface area contributed by atoms with E-state index >= 15 is 0 Å². The Hall–Kier alpha value is -1.46. The SMILES string of the molecule is Cl.O.O=Cc1nc2ccccc2n1CCF. The predicted molar refractivity (Wildman–Crippen MR) is 62.0 cm³/mol. The average Bonchev–Trinajstić information content (AvgIpc) is 2.58. The van der Waals surface area contributed by atoms with Gasteiger partial charge in [0.05, 0.1) is 17.6 Å². The smallest absolute Gasteiger partial charge is 0.185 e. The van der Waals surface area contributed by atoms with Gasteiger partial charge in [0.2, 0.25) is 0 Å². The van der Waals surface area contributed by atoms with Gasteiger partial charge >= 0.3 is 0 Å². The van der Waals surface area contributed by atoms with Crippen LogP contribution in [0.25, 0.3) is 11.0 Å². The number of aromatic nitrogens is 2. The van der Waals surface area contributed by atoms with E-state index in [1.807, 2.05) is 18.2 Å². The zero-order chi connectivity index (χ0) is 9.97. The number of carbonyl (C=O) groups is 1. The lowest BCUT2D eigenvalue weighted by Gasteiger charge is -2.00. The van der Waals surface area contributed by atoms with Crippen LogP contribution in [0.1, 0.15) is 10.6 Å². The molecule has 0 atom stereocenters. The summed E-state index contributed by atoms with van der Waals surface area (Å²) in [6.45, 7) is -0.324. The summed E-state index contributed by atoms with van der Waals surface area (Å²) in [5.74, 6) is 0.281. The lowest BCUT2D eigenvalue weighted by Crippen LogP contribution is -2.04. The summed E-state index contributed by atoms with van der Waals surface area (Å²) in [5, 5.41) is 0. The van der Waals surface area contributed by atoms with Crippen molar-refractivity contribution in [3.05, 3.63) is 30.1 Å². The van der Waals surface area contributed by atoms with Gasteiger partial charge in [0.25, 0.3) is 0 Å². The van der Waals surface area contributed by atoms with Gasteiger partial charge in [0.1, 0.15) is 6.67 Å². The molecule has 0 bridgehead atoms. The maximum absolute atomic E-state index is 12.2. The monoisotopic (exact) mass is 246 g/mol. The summed E-state index contributed by atoms with van der Waals surface area (Å²) in [7, 11) is 0. The van der Waals surface area contributed by atoms with Gasteiger partial charge in [-0.3, -0.25) is 4.79 Å². The Kier molecular flexibility index (Phi) is 5.63. The van der Waals surface area contributed by atoms with E-state index in [-0.39, 0.29) is 30.3 Å². The molecule has 0 radical (unpaired) electrons. The summed E-state index contributed by atoms with van der Waals surface area (Å²) < 4.78 is 13.8. The highest BCUT2D eigenvalue weighted by molar-refractivity contribution is 5.85. The number of fused-ring (bicyclic) bond motifs is 1. The highest BCUT2D eigenvalue weighted by Gasteiger charge is 2.08. The third-order valence-corrected chi connectivity index (χ3v) is 2.10. The van der Waals surface area contributed by atoms with Crippen molar-refractivity contribution in [3.63, 3.8) is 0 Å². The molecule has 0 amide bonds. The van der Waals surface area contributed by atoms with Crippen molar-refractivity contribution >= 4 is 29.7 Å². The molecule has 88 valence electrons. The van der Waals surface area contributed by atoms with Crippen molar-refractivity contribution < 1.29 is 14.7 Å². The van der Waals surface area contributed by atoms with E-state index in [4.69, 9.17) is 0 Å². The van der Waals surface area contributed by atoms with Crippen LogP contribution in [0.15, 0.2) is 24.3 Å². The Morgan fingerprint density at radius 1 is 1.38 bits per heavy atom. The summed E-state index contributed by atoms with van der Waals surface area (Å²) in [6.07, 6.45) is 0.648. The third-order valence-electron chi connectivity index (χ3n) is 2.10. The molecule has 0 unspecified atom stereocenters. The highest BCUT2D eigenvalue weighted by atomic mass is 35.5. The second-order valence-corrected chi connectivity index (χ2v) is 2.92. The zero-order valence-electron chi connectivity index (χ0n) is 8.39. The fourth-order valence-corrected chi connectivity index (χ4v) is 1.50. The average molecular weight is 247 g/mol. The first-order valence-electron chi connectivity index (χ1n) is 4.33. The van der Waals surface area contributed by atoms with Gasteiger partial charge in [0.15, 0.2) is 12.1 Å². The summed E-state index contributed by atoms with van der Waals surface area (Å²) in [6, 6.07) is 7.30. The number of benzene rings is 1. The Bertz CT molecular complexity index is 473. The van der Waals surface area contributed by atoms with E-state index in [0.717, 1.165) is 11.0 Å². The van der Waals surface area contributed by atoms with Crippen molar-refractivity contribution in [2.75, 3.05) is 6.67 Å². The van der Waals surface area contributed by atoms with Crippen LogP contribution in [-0.2, 0) is 6.54 Å². The van der Waals surface area contributed by atoms with Gasteiger partial charge in [-0.15, -0.1) is 12.4 Å². The number of aldehydes is 1. The Labute approximate surface area is 97.8 Å². The first kappa shape index (κ1) is 14.5. The molecule has 4 nitrogen and oxygen atoms in total. The fraction of sp³-hybridized carbons (Fsp3) is 0.200. The molecule has 0 aliphatic rings. The van der Waals surface area contributed by atoms with Crippen molar-refractivity contribution in [1.82, 2.24) is 9.55 Å². The number of halogens is 2. The quantitative estimate of drug-likeness (QED) is 0.769. The molecule has 1 aromatic heterocycles. The van der Waals surface area contributed by atoms with Crippen LogP contribution in [0, 0.1) is 0 Å². The molecule has 16 heavy (non-hydrogen) atoms. The van der Waals surface area contributed by atoms with Crippen LogP contribution in [-0.4, -0.2) is 28.0 Å². The first-order valence-corrected chi connectivity index (χ1v) is 4.33. The van der Waals surface area contributed by atoms with Gasteiger partial charge in [-0.1, -0.05) is 12.1 Å². The van der Waals surface area contributed by atoms with E-state index in [0.29, 0.717) is 6.29 Å². The molecule has 0 saturated carbocycles. The minimum Gasteiger partial charge on any atom is -0.412 e. The normalized spacial score (nSPS) is 9.31. The molecule has 2 N–H and O–H groups in total. The zero-order valence-corrected chi connectivity index (χ0v) is 9.21. The number of alkyl halides is 1. The van der Waals surface area contributed by atoms with Gasteiger partial charge < -0.3 is 10.0 Å². The molecule has 2 rings (SSSR count). The summed E-state index contributed by atoms with van der Waals surface area (Å²) in [5.41, 5.74) is 1.52. The number of nitrogens with zero attached hydrogens (tertiary/aromatic N) is 2. The second kappa shape index (κ2) is 6.19. The van der Waals surface area contributed by atoms with Crippen molar-refractivity contribution in [1.29, 1.82) is 0 Å². The third kappa shape index (κ3) is 2.37. The van der Waals surface area contributed by atoms with E-state index in [1.165, 1.54) is 0 Å². The van der Waals surface area contributed by atoms with Crippen LogP contribution < -0.4 is 0 Å². The first-order chi connectivity index (χ1) is 6.86. The molecule has 0 fully saturated rings. The highest BCUT2D eigenvalue weighted by Crippen LogP contribution is 2.14. The Morgan fingerprint density at radius 2 is 2.06 bits per heavy atom. The van der Waals surface area contributed by atoms with Crippen LogP contribution in [0.4, 0.5) is 4.39 Å². The molecule has 0 spiro atoms. The molecule has 1 aromatic carbocycles. The molecule has 1 heterocycles. The molecule has 0 aliphatic carbocycles. The van der Waals surface area contributed by atoms with Gasteiger partial charge in [0, 0.05) is 0 Å². The number of para-hydroxylation sites is 2. The number of hydrogen-bond donors (Lipinski definition) is 0. The number of rotatable bonds is 3. The topological polar surface area (TPSA) is 66.4 Å². The number of hydrogen-bond acceptors (Lipinski definition) is 2.